The Morgan fingerprint density at radius 1 is 0.778 bits per heavy atom. The van der Waals surface area contributed by atoms with Crippen LogP contribution in [0.15, 0.2) is 0 Å². The molecule has 0 rings (SSSR count). The van der Waals surface area contributed by atoms with Crippen molar-refractivity contribution in [3.05, 3.63) is 0 Å². The number of hydrogen-bond acceptors (Lipinski definition) is 2. The van der Waals surface area contributed by atoms with Crippen LogP contribution in [0.4, 0.5) is 0 Å². The minimum Gasteiger partial charge on any atom is -0.393 e. The smallest absolute Gasteiger partial charge is 0.390 e. The summed E-state index contributed by atoms with van der Waals surface area (Å²) in [5.41, 5.74) is 0. The summed E-state index contributed by atoms with van der Waals surface area (Å²) in [6, 6.07) is 0. The molecule has 0 aliphatic carbocycles. The van der Waals surface area contributed by atoms with Crippen LogP contribution in [-0.4, -0.2) is 22.5 Å². The zero-order valence-electron chi connectivity index (χ0n) is 13.2. The largest absolute Gasteiger partial charge is 0.393 e. The molecule has 0 fully saturated rings. The van der Waals surface area contributed by atoms with Gasteiger partial charge in [-0.2, -0.15) is 0 Å². The fraction of sp³-hybridized carbons (Fsp3) is 1.00. The molecule has 0 aliphatic heterocycles. The number of rotatable bonds is 12. The first-order valence-corrected chi connectivity index (χ1v) is 9.03. The van der Waals surface area contributed by atoms with Crippen LogP contribution in [-0.2, 0) is 8.85 Å². The molecule has 0 atom stereocenters. The van der Waals surface area contributed by atoms with Crippen molar-refractivity contribution in [3.63, 3.8) is 0 Å². The monoisotopic (exact) mass is 273 g/mol. The minimum atomic E-state index is -1.14. The summed E-state index contributed by atoms with van der Waals surface area (Å²) < 4.78 is 12.1. The first-order valence-electron chi connectivity index (χ1n) is 7.71. The highest BCUT2D eigenvalue weighted by atomic mass is 28.3. The standard InChI is InChI=1S/C15H33O2Si/c1-6-9-12-15(4,5)18(16-13-10-7-2)17-14-11-8-3/h6-14H2,1-5H3. The molecule has 0 aromatic rings. The van der Waals surface area contributed by atoms with Crippen LogP contribution in [0.1, 0.15) is 79.6 Å². The molecule has 3 heteroatoms. The molecule has 0 amide bonds. The van der Waals surface area contributed by atoms with Crippen LogP contribution in [0.2, 0.25) is 5.04 Å². The van der Waals surface area contributed by atoms with Gasteiger partial charge in [-0.25, -0.2) is 0 Å². The number of unbranched alkanes of at least 4 members (excludes halogenated alkanes) is 3. The van der Waals surface area contributed by atoms with E-state index in [1.165, 1.54) is 32.1 Å². The normalized spacial score (nSPS) is 12.3. The molecule has 18 heavy (non-hydrogen) atoms. The van der Waals surface area contributed by atoms with Gasteiger partial charge in [0.25, 0.3) is 0 Å². The summed E-state index contributed by atoms with van der Waals surface area (Å²) in [6.45, 7) is 13.0. The van der Waals surface area contributed by atoms with Gasteiger partial charge in [-0.1, -0.05) is 60.3 Å². The van der Waals surface area contributed by atoms with Crippen molar-refractivity contribution in [2.75, 3.05) is 13.2 Å². The van der Waals surface area contributed by atoms with Gasteiger partial charge in [0.05, 0.1) is 0 Å². The average molecular weight is 274 g/mol. The molecule has 0 saturated heterocycles. The second-order valence-corrected chi connectivity index (χ2v) is 8.18. The third-order valence-electron chi connectivity index (χ3n) is 3.17. The average Bonchev–Trinajstić information content (AvgIpc) is 2.35. The van der Waals surface area contributed by atoms with E-state index in [1.807, 2.05) is 0 Å². The summed E-state index contributed by atoms with van der Waals surface area (Å²) in [6.07, 6.45) is 8.43. The molecule has 0 spiro atoms. The van der Waals surface area contributed by atoms with Gasteiger partial charge in [0.15, 0.2) is 0 Å². The molecule has 1 radical (unpaired) electrons. The zero-order valence-corrected chi connectivity index (χ0v) is 14.2. The Bertz CT molecular complexity index is 173. The van der Waals surface area contributed by atoms with Crippen molar-refractivity contribution in [3.8, 4) is 0 Å². The topological polar surface area (TPSA) is 18.5 Å². The third-order valence-corrected chi connectivity index (χ3v) is 5.46. The van der Waals surface area contributed by atoms with Gasteiger partial charge in [-0.3, -0.25) is 0 Å². The predicted molar refractivity (Wildman–Crippen MR) is 81.0 cm³/mol. The van der Waals surface area contributed by atoms with Crippen LogP contribution in [0.3, 0.4) is 0 Å². The first-order chi connectivity index (χ1) is 8.58. The lowest BCUT2D eigenvalue weighted by Gasteiger charge is -2.30. The van der Waals surface area contributed by atoms with E-state index < -0.39 is 9.28 Å². The maximum atomic E-state index is 6.07. The van der Waals surface area contributed by atoms with Crippen molar-refractivity contribution < 1.29 is 8.85 Å². The fourth-order valence-corrected chi connectivity index (χ4v) is 3.68. The molecular formula is C15H33O2Si. The maximum absolute atomic E-state index is 6.07. The van der Waals surface area contributed by atoms with Crippen LogP contribution in [0, 0.1) is 0 Å². The van der Waals surface area contributed by atoms with E-state index in [0.29, 0.717) is 0 Å². The lowest BCUT2D eigenvalue weighted by Crippen LogP contribution is -2.35. The summed E-state index contributed by atoms with van der Waals surface area (Å²) in [7, 11) is -1.14. The lowest BCUT2D eigenvalue weighted by atomic mass is 10.1. The Balaban J connectivity index is 4.22. The van der Waals surface area contributed by atoms with Crippen LogP contribution in [0.25, 0.3) is 0 Å². The first kappa shape index (κ1) is 18.1. The molecule has 0 unspecified atom stereocenters. The van der Waals surface area contributed by atoms with E-state index in [9.17, 15) is 0 Å². The molecule has 109 valence electrons. The minimum absolute atomic E-state index is 0.224. The Morgan fingerprint density at radius 3 is 1.61 bits per heavy atom. The molecule has 0 saturated carbocycles. The Kier molecular flexibility index (Phi) is 11.1. The second-order valence-electron chi connectivity index (χ2n) is 5.68. The molecule has 0 bridgehead atoms. The van der Waals surface area contributed by atoms with Crippen LogP contribution in [0.5, 0.6) is 0 Å². The third kappa shape index (κ3) is 8.28. The van der Waals surface area contributed by atoms with E-state index in [-0.39, 0.29) is 5.04 Å². The summed E-state index contributed by atoms with van der Waals surface area (Å²) in [4.78, 5) is 0. The highest BCUT2D eigenvalue weighted by molar-refractivity contribution is 6.48. The SMILES string of the molecule is CCCCO[Si](OCCCC)C(C)(C)CCCC. The van der Waals surface area contributed by atoms with Gasteiger partial charge in [0, 0.05) is 18.3 Å². The van der Waals surface area contributed by atoms with Crippen molar-refractivity contribution in [1.29, 1.82) is 0 Å². The molecule has 0 aromatic heterocycles. The quantitative estimate of drug-likeness (QED) is 0.365. The Hall–Kier alpha value is 0.137. The molecule has 2 nitrogen and oxygen atoms in total. The second kappa shape index (κ2) is 11.0. The maximum Gasteiger partial charge on any atom is 0.390 e. The van der Waals surface area contributed by atoms with Crippen molar-refractivity contribution in [2.24, 2.45) is 0 Å². The Labute approximate surface area is 116 Å². The number of hydrogen-bond donors (Lipinski definition) is 0. The van der Waals surface area contributed by atoms with Gasteiger partial charge in [-0.05, 0) is 19.3 Å². The Morgan fingerprint density at radius 2 is 1.22 bits per heavy atom. The highest BCUT2D eigenvalue weighted by Crippen LogP contribution is 2.35. The van der Waals surface area contributed by atoms with E-state index >= 15 is 0 Å². The van der Waals surface area contributed by atoms with E-state index in [4.69, 9.17) is 8.85 Å². The molecule has 0 N–H and O–H groups in total. The van der Waals surface area contributed by atoms with Crippen molar-refractivity contribution >= 4 is 9.28 Å². The molecular weight excluding hydrogens is 240 g/mol. The van der Waals surface area contributed by atoms with E-state index in [0.717, 1.165) is 26.1 Å². The van der Waals surface area contributed by atoms with Gasteiger partial charge < -0.3 is 8.85 Å². The van der Waals surface area contributed by atoms with Gasteiger partial charge in [0.1, 0.15) is 0 Å². The van der Waals surface area contributed by atoms with Gasteiger partial charge in [0.2, 0.25) is 0 Å². The molecule has 0 aliphatic rings. The van der Waals surface area contributed by atoms with Crippen LogP contribution < -0.4 is 0 Å². The predicted octanol–water partition coefficient (Wildman–Crippen LogP) is 5.08. The summed E-state index contributed by atoms with van der Waals surface area (Å²) in [5.74, 6) is 0. The van der Waals surface area contributed by atoms with Gasteiger partial charge in [-0.15, -0.1) is 0 Å². The lowest BCUT2D eigenvalue weighted by molar-refractivity contribution is 0.168. The zero-order chi connectivity index (χ0) is 13.9. The summed E-state index contributed by atoms with van der Waals surface area (Å²) in [5, 5.41) is 0.224. The van der Waals surface area contributed by atoms with Crippen molar-refractivity contribution in [2.45, 2.75) is 84.6 Å². The van der Waals surface area contributed by atoms with E-state index in [2.05, 4.69) is 34.6 Å². The van der Waals surface area contributed by atoms with Crippen molar-refractivity contribution in [1.82, 2.24) is 0 Å². The molecule has 0 heterocycles. The van der Waals surface area contributed by atoms with Crippen LogP contribution >= 0.6 is 0 Å². The fourth-order valence-electron chi connectivity index (χ4n) is 1.77. The highest BCUT2D eigenvalue weighted by Gasteiger charge is 2.35. The van der Waals surface area contributed by atoms with Gasteiger partial charge >= 0.3 is 9.28 Å². The molecule has 0 aromatic carbocycles. The summed E-state index contributed by atoms with van der Waals surface area (Å²) >= 11 is 0. The van der Waals surface area contributed by atoms with E-state index in [1.54, 1.807) is 0 Å².